The lowest BCUT2D eigenvalue weighted by atomic mass is 9.92. The molecule has 3 rings (SSSR count). The Bertz CT molecular complexity index is 454. The van der Waals surface area contributed by atoms with E-state index in [4.69, 9.17) is 0 Å². The van der Waals surface area contributed by atoms with Crippen molar-refractivity contribution in [3.63, 3.8) is 0 Å². The molecule has 0 unspecified atom stereocenters. The van der Waals surface area contributed by atoms with E-state index in [0.29, 0.717) is 18.4 Å². The van der Waals surface area contributed by atoms with Gasteiger partial charge in [0.25, 0.3) is 0 Å². The van der Waals surface area contributed by atoms with E-state index in [1.54, 1.807) is 11.8 Å². The lowest BCUT2D eigenvalue weighted by Crippen LogP contribution is -2.56. The summed E-state index contributed by atoms with van der Waals surface area (Å²) in [6, 6.07) is 0.121. The van der Waals surface area contributed by atoms with Crippen LogP contribution in [0.4, 0.5) is 0 Å². The van der Waals surface area contributed by atoms with Crippen molar-refractivity contribution in [3.8, 4) is 0 Å². The fraction of sp³-hybridized carbons (Fsp3) is 0.875. The Morgan fingerprint density at radius 3 is 2.86 bits per heavy atom. The van der Waals surface area contributed by atoms with Crippen molar-refractivity contribution >= 4 is 23.6 Å². The summed E-state index contributed by atoms with van der Waals surface area (Å²) in [5, 5.41) is 0. The Kier molecular flexibility index (Phi) is 3.97. The van der Waals surface area contributed by atoms with Crippen molar-refractivity contribution in [2.24, 2.45) is 5.92 Å². The summed E-state index contributed by atoms with van der Waals surface area (Å²) in [6.07, 6.45) is 4.90. The third-order valence-electron chi connectivity index (χ3n) is 5.33. The van der Waals surface area contributed by atoms with Gasteiger partial charge in [-0.15, -0.1) is 11.8 Å². The van der Waals surface area contributed by atoms with E-state index in [-0.39, 0.29) is 22.7 Å². The van der Waals surface area contributed by atoms with E-state index >= 15 is 0 Å². The molecule has 3 fully saturated rings. The minimum absolute atomic E-state index is 0.138. The van der Waals surface area contributed by atoms with Crippen LogP contribution in [0.3, 0.4) is 0 Å². The van der Waals surface area contributed by atoms with Gasteiger partial charge in [0.1, 0.15) is 6.04 Å². The number of hydrogen-bond acceptors (Lipinski definition) is 3. The highest BCUT2D eigenvalue weighted by Gasteiger charge is 2.54. The molecular formula is C16H26N2O2S. The van der Waals surface area contributed by atoms with Gasteiger partial charge < -0.3 is 9.80 Å². The average Bonchev–Trinajstić information content (AvgIpc) is 2.95. The first-order valence-corrected chi connectivity index (χ1v) is 9.19. The standard InChI is InChI=1S/C16H26N2O2S/c1-11(2)12-6-4-5-9-17(12)15(20)13-10-21-16(3)8-7-14(19)18(13)16/h11-13H,4-10H2,1-3H3/t12-,13+,16+/m0/s1. The fourth-order valence-corrected chi connectivity index (χ4v) is 5.54. The van der Waals surface area contributed by atoms with Gasteiger partial charge in [-0.2, -0.15) is 0 Å². The zero-order chi connectivity index (χ0) is 15.2. The highest BCUT2D eigenvalue weighted by Crippen LogP contribution is 2.47. The molecule has 0 aliphatic carbocycles. The van der Waals surface area contributed by atoms with Crippen LogP contribution >= 0.6 is 11.8 Å². The third kappa shape index (κ3) is 2.47. The molecule has 3 aliphatic rings. The molecule has 0 N–H and O–H groups in total. The average molecular weight is 310 g/mol. The Labute approximate surface area is 131 Å². The molecule has 0 saturated carbocycles. The zero-order valence-electron chi connectivity index (χ0n) is 13.3. The molecule has 3 atom stereocenters. The van der Waals surface area contributed by atoms with Gasteiger partial charge >= 0.3 is 0 Å². The molecule has 0 aromatic heterocycles. The van der Waals surface area contributed by atoms with Gasteiger partial charge in [0.15, 0.2) is 0 Å². The number of thioether (sulfide) groups is 1. The second-order valence-electron chi connectivity index (χ2n) is 7.10. The quantitative estimate of drug-likeness (QED) is 0.787. The van der Waals surface area contributed by atoms with E-state index in [2.05, 4.69) is 25.7 Å². The molecule has 4 nitrogen and oxygen atoms in total. The van der Waals surface area contributed by atoms with Crippen LogP contribution in [0.15, 0.2) is 0 Å². The van der Waals surface area contributed by atoms with E-state index in [9.17, 15) is 9.59 Å². The van der Waals surface area contributed by atoms with Crippen molar-refractivity contribution in [1.29, 1.82) is 0 Å². The predicted octanol–water partition coefficient (Wildman–Crippen LogP) is 2.48. The molecular weight excluding hydrogens is 284 g/mol. The number of hydrogen-bond donors (Lipinski definition) is 0. The summed E-state index contributed by atoms with van der Waals surface area (Å²) in [7, 11) is 0. The Hall–Kier alpha value is -0.710. The van der Waals surface area contributed by atoms with Gasteiger partial charge in [0.05, 0.1) is 4.87 Å². The molecule has 0 spiro atoms. The van der Waals surface area contributed by atoms with Crippen molar-refractivity contribution in [2.75, 3.05) is 12.3 Å². The molecule has 21 heavy (non-hydrogen) atoms. The fourth-order valence-electron chi connectivity index (χ4n) is 4.12. The minimum Gasteiger partial charge on any atom is -0.338 e. The van der Waals surface area contributed by atoms with Crippen LogP contribution in [0, 0.1) is 5.92 Å². The van der Waals surface area contributed by atoms with Gasteiger partial charge in [0, 0.05) is 24.8 Å². The number of fused-ring (bicyclic) bond motifs is 1. The number of carbonyl (C=O) groups excluding carboxylic acids is 2. The molecule has 0 radical (unpaired) electrons. The van der Waals surface area contributed by atoms with Crippen LogP contribution in [-0.4, -0.2) is 50.9 Å². The third-order valence-corrected chi connectivity index (χ3v) is 6.84. The molecule has 3 saturated heterocycles. The van der Waals surface area contributed by atoms with E-state index in [0.717, 1.165) is 31.6 Å². The van der Waals surface area contributed by atoms with Gasteiger partial charge in [-0.3, -0.25) is 9.59 Å². The summed E-state index contributed by atoms with van der Waals surface area (Å²) < 4.78 is 0. The van der Waals surface area contributed by atoms with Crippen LogP contribution in [0.2, 0.25) is 0 Å². The van der Waals surface area contributed by atoms with Crippen LogP contribution in [0.5, 0.6) is 0 Å². The SMILES string of the molecule is CC(C)[C@@H]1CCCCN1C(=O)[C@H]1CS[C@]2(C)CCC(=O)N12. The number of piperidine rings is 1. The normalized spacial score (nSPS) is 36.5. The molecule has 3 aliphatic heterocycles. The number of likely N-dealkylation sites (tertiary alicyclic amines) is 1. The lowest BCUT2D eigenvalue weighted by molar-refractivity contribution is -0.147. The van der Waals surface area contributed by atoms with Crippen molar-refractivity contribution in [2.45, 2.75) is 69.8 Å². The number of nitrogens with zero attached hydrogens (tertiary/aromatic N) is 2. The monoisotopic (exact) mass is 310 g/mol. The van der Waals surface area contributed by atoms with Crippen molar-refractivity contribution < 1.29 is 9.59 Å². The second-order valence-corrected chi connectivity index (χ2v) is 8.61. The lowest BCUT2D eigenvalue weighted by Gasteiger charge is -2.41. The highest BCUT2D eigenvalue weighted by molar-refractivity contribution is 8.01. The maximum atomic E-state index is 13.1. The smallest absolute Gasteiger partial charge is 0.246 e. The Morgan fingerprint density at radius 1 is 1.38 bits per heavy atom. The van der Waals surface area contributed by atoms with Gasteiger partial charge in [-0.05, 0) is 38.5 Å². The maximum absolute atomic E-state index is 13.1. The first-order chi connectivity index (χ1) is 9.94. The second kappa shape index (κ2) is 5.49. The van der Waals surface area contributed by atoms with Gasteiger partial charge in [0.2, 0.25) is 11.8 Å². The minimum atomic E-state index is -0.227. The predicted molar refractivity (Wildman–Crippen MR) is 84.9 cm³/mol. The molecule has 2 amide bonds. The van der Waals surface area contributed by atoms with E-state index in [1.165, 1.54) is 6.42 Å². The van der Waals surface area contributed by atoms with Crippen LogP contribution in [0.25, 0.3) is 0 Å². The Morgan fingerprint density at radius 2 is 2.14 bits per heavy atom. The van der Waals surface area contributed by atoms with Crippen molar-refractivity contribution in [3.05, 3.63) is 0 Å². The largest absolute Gasteiger partial charge is 0.338 e. The summed E-state index contributed by atoms with van der Waals surface area (Å²) in [5.74, 6) is 1.62. The molecule has 0 bridgehead atoms. The Balaban J connectivity index is 1.80. The van der Waals surface area contributed by atoms with Crippen LogP contribution < -0.4 is 0 Å². The van der Waals surface area contributed by atoms with Gasteiger partial charge in [-0.1, -0.05) is 13.8 Å². The maximum Gasteiger partial charge on any atom is 0.246 e. The zero-order valence-corrected chi connectivity index (χ0v) is 14.1. The van der Waals surface area contributed by atoms with Crippen LogP contribution in [0.1, 0.15) is 52.9 Å². The topological polar surface area (TPSA) is 40.6 Å². The first kappa shape index (κ1) is 15.2. The number of carbonyl (C=O) groups is 2. The first-order valence-electron chi connectivity index (χ1n) is 8.20. The van der Waals surface area contributed by atoms with E-state index < -0.39 is 0 Å². The molecule has 118 valence electrons. The molecule has 3 heterocycles. The summed E-state index contributed by atoms with van der Waals surface area (Å²) in [6.45, 7) is 7.38. The number of rotatable bonds is 2. The van der Waals surface area contributed by atoms with Crippen molar-refractivity contribution in [1.82, 2.24) is 9.80 Å². The van der Waals surface area contributed by atoms with Crippen LogP contribution in [-0.2, 0) is 9.59 Å². The number of amides is 2. The van der Waals surface area contributed by atoms with Gasteiger partial charge in [-0.25, -0.2) is 0 Å². The molecule has 0 aromatic rings. The summed E-state index contributed by atoms with van der Waals surface area (Å²) in [5.41, 5.74) is 0. The highest BCUT2D eigenvalue weighted by atomic mass is 32.2. The van der Waals surface area contributed by atoms with E-state index in [1.807, 2.05) is 4.90 Å². The molecule has 0 aromatic carbocycles. The summed E-state index contributed by atoms with van der Waals surface area (Å²) >= 11 is 1.79. The molecule has 5 heteroatoms. The summed E-state index contributed by atoms with van der Waals surface area (Å²) in [4.78, 5) is 29.1.